The fraction of sp³-hybridized carbons (Fsp3) is 0.700. The summed E-state index contributed by atoms with van der Waals surface area (Å²) in [6.45, 7) is 3.89. The SMILES string of the molecule is CCCC/C=C/CNCCC#N. The monoisotopic (exact) mass is 166 g/mol. The molecule has 2 heteroatoms. The number of nitrogens with zero attached hydrogens (tertiary/aromatic N) is 1. The molecule has 0 spiro atoms. The Morgan fingerprint density at radius 3 is 2.92 bits per heavy atom. The van der Waals surface area contributed by atoms with E-state index >= 15 is 0 Å². The lowest BCUT2D eigenvalue weighted by atomic mass is 10.2. The summed E-state index contributed by atoms with van der Waals surface area (Å²) in [6, 6.07) is 2.09. The van der Waals surface area contributed by atoms with E-state index < -0.39 is 0 Å². The third-order valence-corrected chi connectivity index (χ3v) is 1.57. The molecule has 0 saturated carbocycles. The van der Waals surface area contributed by atoms with Crippen LogP contribution in [0.5, 0.6) is 0 Å². The number of hydrogen-bond donors (Lipinski definition) is 1. The summed E-state index contributed by atoms with van der Waals surface area (Å²) < 4.78 is 0. The van der Waals surface area contributed by atoms with Gasteiger partial charge in [0.05, 0.1) is 6.07 Å². The molecule has 0 aliphatic heterocycles. The fourth-order valence-corrected chi connectivity index (χ4v) is 0.853. The van der Waals surface area contributed by atoms with Gasteiger partial charge in [-0.15, -0.1) is 0 Å². The first-order chi connectivity index (χ1) is 5.91. The first-order valence-corrected chi connectivity index (χ1v) is 4.64. The Bertz CT molecular complexity index is 144. The third kappa shape index (κ3) is 9.19. The van der Waals surface area contributed by atoms with Crippen LogP contribution in [0.15, 0.2) is 12.2 Å². The number of unbranched alkanes of at least 4 members (excludes halogenated alkanes) is 2. The molecule has 0 aliphatic carbocycles. The molecule has 1 N–H and O–H groups in total. The average molecular weight is 166 g/mol. The fourth-order valence-electron chi connectivity index (χ4n) is 0.853. The lowest BCUT2D eigenvalue weighted by Gasteiger charge is -1.94. The van der Waals surface area contributed by atoms with E-state index in [2.05, 4.69) is 30.5 Å². The van der Waals surface area contributed by atoms with Gasteiger partial charge in [0.15, 0.2) is 0 Å². The summed E-state index contributed by atoms with van der Waals surface area (Å²) in [5.41, 5.74) is 0. The van der Waals surface area contributed by atoms with Gasteiger partial charge in [-0.1, -0.05) is 31.9 Å². The summed E-state index contributed by atoms with van der Waals surface area (Å²) in [7, 11) is 0. The molecule has 0 aromatic carbocycles. The summed E-state index contributed by atoms with van der Waals surface area (Å²) in [4.78, 5) is 0. The second kappa shape index (κ2) is 10.2. The summed E-state index contributed by atoms with van der Waals surface area (Å²) in [6.07, 6.45) is 8.63. The molecule has 68 valence electrons. The second-order valence-electron chi connectivity index (χ2n) is 2.73. The van der Waals surface area contributed by atoms with Crippen molar-refractivity contribution in [1.29, 1.82) is 5.26 Å². The van der Waals surface area contributed by atoms with Crippen molar-refractivity contribution in [3.05, 3.63) is 12.2 Å². The van der Waals surface area contributed by atoms with Crippen LogP contribution in [-0.2, 0) is 0 Å². The van der Waals surface area contributed by atoms with Gasteiger partial charge in [-0.3, -0.25) is 0 Å². The highest BCUT2D eigenvalue weighted by atomic mass is 14.8. The van der Waals surface area contributed by atoms with Crippen molar-refractivity contribution >= 4 is 0 Å². The highest BCUT2D eigenvalue weighted by molar-refractivity contribution is 4.84. The van der Waals surface area contributed by atoms with Crippen molar-refractivity contribution in [1.82, 2.24) is 5.32 Å². The van der Waals surface area contributed by atoms with Crippen LogP contribution in [0.3, 0.4) is 0 Å². The van der Waals surface area contributed by atoms with Crippen molar-refractivity contribution in [3.8, 4) is 6.07 Å². The van der Waals surface area contributed by atoms with Gasteiger partial charge >= 0.3 is 0 Å². The molecule has 0 bridgehead atoms. The third-order valence-electron chi connectivity index (χ3n) is 1.57. The molecule has 2 nitrogen and oxygen atoms in total. The van der Waals surface area contributed by atoms with Crippen molar-refractivity contribution in [3.63, 3.8) is 0 Å². The van der Waals surface area contributed by atoms with Crippen LogP contribution in [-0.4, -0.2) is 13.1 Å². The number of hydrogen-bond acceptors (Lipinski definition) is 2. The Kier molecular flexibility index (Phi) is 9.50. The molecule has 0 aromatic heterocycles. The Balaban J connectivity index is 2.98. The van der Waals surface area contributed by atoms with Gasteiger partial charge in [0.1, 0.15) is 0 Å². The minimum absolute atomic E-state index is 0.600. The maximum Gasteiger partial charge on any atom is 0.0635 e. The molecule has 0 unspecified atom stereocenters. The summed E-state index contributed by atoms with van der Waals surface area (Å²) >= 11 is 0. The molecule has 0 saturated heterocycles. The van der Waals surface area contributed by atoms with E-state index in [1.165, 1.54) is 19.3 Å². The maximum atomic E-state index is 8.23. The maximum absolute atomic E-state index is 8.23. The van der Waals surface area contributed by atoms with Crippen molar-refractivity contribution in [2.24, 2.45) is 0 Å². The zero-order valence-electron chi connectivity index (χ0n) is 7.84. The first kappa shape index (κ1) is 11.2. The Morgan fingerprint density at radius 2 is 2.25 bits per heavy atom. The van der Waals surface area contributed by atoms with Crippen LogP contribution in [0.1, 0.15) is 32.6 Å². The van der Waals surface area contributed by atoms with Crippen LogP contribution in [0, 0.1) is 11.3 Å². The molecule has 0 heterocycles. The Morgan fingerprint density at radius 1 is 1.42 bits per heavy atom. The first-order valence-electron chi connectivity index (χ1n) is 4.64. The zero-order chi connectivity index (χ0) is 9.07. The molecule has 0 radical (unpaired) electrons. The predicted octanol–water partition coefficient (Wildman–Crippen LogP) is 2.24. The largest absolute Gasteiger partial charge is 0.312 e. The topological polar surface area (TPSA) is 35.8 Å². The highest BCUT2D eigenvalue weighted by Crippen LogP contribution is 1.93. The normalized spacial score (nSPS) is 10.3. The minimum Gasteiger partial charge on any atom is -0.312 e. The van der Waals surface area contributed by atoms with Crippen LogP contribution in [0.4, 0.5) is 0 Å². The van der Waals surface area contributed by atoms with Gasteiger partial charge in [0.2, 0.25) is 0 Å². The van der Waals surface area contributed by atoms with Crippen LogP contribution in [0.2, 0.25) is 0 Å². The molecule has 0 aromatic rings. The zero-order valence-corrected chi connectivity index (χ0v) is 7.84. The quantitative estimate of drug-likeness (QED) is 0.465. The van der Waals surface area contributed by atoms with E-state index in [1.807, 2.05) is 0 Å². The van der Waals surface area contributed by atoms with E-state index in [-0.39, 0.29) is 0 Å². The Labute approximate surface area is 75.3 Å². The van der Waals surface area contributed by atoms with E-state index in [1.54, 1.807) is 0 Å². The summed E-state index contributed by atoms with van der Waals surface area (Å²) in [5, 5.41) is 11.4. The molecule has 0 aliphatic rings. The van der Waals surface area contributed by atoms with Gasteiger partial charge in [-0.2, -0.15) is 5.26 Å². The average Bonchev–Trinajstić information content (AvgIpc) is 2.10. The van der Waals surface area contributed by atoms with Crippen LogP contribution in [0.25, 0.3) is 0 Å². The van der Waals surface area contributed by atoms with Gasteiger partial charge in [0.25, 0.3) is 0 Å². The second-order valence-corrected chi connectivity index (χ2v) is 2.73. The van der Waals surface area contributed by atoms with Gasteiger partial charge < -0.3 is 5.32 Å². The van der Waals surface area contributed by atoms with Crippen molar-refractivity contribution < 1.29 is 0 Å². The molecule has 0 rings (SSSR count). The van der Waals surface area contributed by atoms with E-state index in [0.717, 1.165) is 13.1 Å². The molecule has 0 fully saturated rings. The van der Waals surface area contributed by atoms with Crippen LogP contribution < -0.4 is 5.32 Å². The number of rotatable bonds is 7. The van der Waals surface area contributed by atoms with Crippen LogP contribution >= 0.6 is 0 Å². The van der Waals surface area contributed by atoms with Gasteiger partial charge in [-0.05, 0) is 6.42 Å². The number of nitriles is 1. The van der Waals surface area contributed by atoms with Gasteiger partial charge in [-0.25, -0.2) is 0 Å². The summed E-state index contributed by atoms with van der Waals surface area (Å²) in [5.74, 6) is 0. The molecule has 12 heavy (non-hydrogen) atoms. The molecular formula is C10H18N2. The lowest BCUT2D eigenvalue weighted by Crippen LogP contribution is -2.14. The number of allylic oxidation sites excluding steroid dienone is 1. The standard InChI is InChI=1S/C10H18N2/c1-2-3-4-5-6-9-12-10-7-8-11/h5-6,12H,2-4,7,9-10H2,1H3/b6-5+. The predicted molar refractivity (Wildman–Crippen MR) is 51.8 cm³/mol. The molecular weight excluding hydrogens is 148 g/mol. The van der Waals surface area contributed by atoms with E-state index in [9.17, 15) is 0 Å². The lowest BCUT2D eigenvalue weighted by molar-refractivity contribution is 0.755. The highest BCUT2D eigenvalue weighted by Gasteiger charge is 1.81. The van der Waals surface area contributed by atoms with E-state index in [4.69, 9.17) is 5.26 Å². The molecule has 0 amide bonds. The Hall–Kier alpha value is -0.810. The minimum atomic E-state index is 0.600. The number of nitrogens with one attached hydrogen (secondary N) is 1. The van der Waals surface area contributed by atoms with Gasteiger partial charge in [0, 0.05) is 19.5 Å². The molecule has 0 atom stereocenters. The van der Waals surface area contributed by atoms with Crippen molar-refractivity contribution in [2.45, 2.75) is 32.6 Å². The smallest absolute Gasteiger partial charge is 0.0635 e. The van der Waals surface area contributed by atoms with E-state index in [0.29, 0.717) is 6.42 Å². The van der Waals surface area contributed by atoms with Crippen molar-refractivity contribution in [2.75, 3.05) is 13.1 Å².